The van der Waals surface area contributed by atoms with Crippen LogP contribution in [0.2, 0.25) is 5.02 Å². The van der Waals surface area contributed by atoms with E-state index in [-0.39, 0.29) is 17.4 Å². The lowest BCUT2D eigenvalue weighted by Crippen LogP contribution is -2.15. The molecular weight excluding hydrogens is 482 g/mol. The molecular formula is C20H13ClF2N4O3S2. The molecule has 2 aromatic heterocycles. The fraction of sp³-hybridized carbons (Fsp3) is 0. The SMILES string of the molecule is Nc1cc(-c2cc(Cl)ccc2Oc2cc(F)c(S(=O)(=O)Nc3cscn3)cc2F)ccn1. The van der Waals surface area contributed by atoms with Gasteiger partial charge in [-0.25, -0.2) is 27.2 Å². The van der Waals surface area contributed by atoms with E-state index in [1.807, 2.05) is 0 Å². The fourth-order valence-corrected chi connectivity index (χ4v) is 4.60. The summed E-state index contributed by atoms with van der Waals surface area (Å²) in [5.74, 6) is -2.41. The van der Waals surface area contributed by atoms with Crippen LogP contribution < -0.4 is 15.2 Å². The molecule has 0 bridgehead atoms. The second kappa shape index (κ2) is 8.69. The van der Waals surface area contributed by atoms with E-state index in [4.69, 9.17) is 22.1 Å². The highest BCUT2D eigenvalue weighted by atomic mass is 35.5. The molecule has 0 aliphatic rings. The molecule has 0 saturated carbocycles. The second-order valence-corrected chi connectivity index (χ2v) is 9.21. The molecule has 0 fully saturated rings. The van der Waals surface area contributed by atoms with Gasteiger partial charge in [0, 0.05) is 34.3 Å². The Kier molecular flexibility index (Phi) is 5.96. The molecule has 0 aliphatic heterocycles. The Hall–Kier alpha value is -3.28. The van der Waals surface area contributed by atoms with Crippen molar-refractivity contribution in [2.45, 2.75) is 4.90 Å². The first-order valence-electron chi connectivity index (χ1n) is 8.82. The molecule has 4 aromatic rings. The first-order valence-corrected chi connectivity index (χ1v) is 11.6. The van der Waals surface area contributed by atoms with Gasteiger partial charge in [0.25, 0.3) is 10.0 Å². The maximum Gasteiger partial charge on any atom is 0.266 e. The number of nitrogens with two attached hydrogens (primary N) is 1. The van der Waals surface area contributed by atoms with E-state index in [2.05, 4.69) is 14.7 Å². The number of nitrogens with one attached hydrogen (secondary N) is 1. The largest absolute Gasteiger partial charge is 0.454 e. The van der Waals surface area contributed by atoms with Crippen molar-refractivity contribution < 1.29 is 21.9 Å². The van der Waals surface area contributed by atoms with Crippen molar-refractivity contribution in [1.82, 2.24) is 9.97 Å². The molecule has 2 heterocycles. The van der Waals surface area contributed by atoms with Gasteiger partial charge in [0.2, 0.25) is 0 Å². The van der Waals surface area contributed by atoms with Gasteiger partial charge in [0.05, 0.1) is 5.51 Å². The van der Waals surface area contributed by atoms with E-state index in [0.29, 0.717) is 28.3 Å². The van der Waals surface area contributed by atoms with Crippen molar-refractivity contribution in [3.8, 4) is 22.6 Å². The average Bonchev–Trinajstić information content (AvgIpc) is 3.24. The molecule has 0 unspecified atom stereocenters. The average molecular weight is 495 g/mol. The number of halogens is 3. The quantitative estimate of drug-likeness (QED) is 0.376. The highest BCUT2D eigenvalue weighted by Gasteiger charge is 2.24. The minimum atomic E-state index is -4.40. The van der Waals surface area contributed by atoms with Crippen LogP contribution in [0.4, 0.5) is 20.4 Å². The minimum Gasteiger partial charge on any atom is -0.454 e. The predicted octanol–water partition coefficient (Wildman–Crippen LogP) is 5.31. The van der Waals surface area contributed by atoms with Crippen LogP contribution in [-0.2, 0) is 10.0 Å². The van der Waals surface area contributed by atoms with Crippen LogP contribution >= 0.6 is 22.9 Å². The summed E-state index contributed by atoms with van der Waals surface area (Å²) < 4.78 is 61.9. The highest BCUT2D eigenvalue weighted by molar-refractivity contribution is 7.92. The summed E-state index contributed by atoms with van der Waals surface area (Å²) in [7, 11) is -4.40. The molecule has 7 nitrogen and oxygen atoms in total. The Morgan fingerprint density at radius 3 is 2.56 bits per heavy atom. The maximum absolute atomic E-state index is 14.7. The van der Waals surface area contributed by atoms with E-state index in [1.54, 1.807) is 18.2 Å². The van der Waals surface area contributed by atoms with E-state index < -0.39 is 32.3 Å². The van der Waals surface area contributed by atoms with Crippen molar-refractivity contribution in [1.29, 1.82) is 0 Å². The van der Waals surface area contributed by atoms with Gasteiger partial charge in [-0.05, 0) is 35.9 Å². The van der Waals surface area contributed by atoms with Crippen molar-refractivity contribution in [2.75, 3.05) is 10.5 Å². The molecule has 0 radical (unpaired) electrons. The first-order chi connectivity index (χ1) is 15.2. The van der Waals surface area contributed by atoms with Gasteiger partial charge in [0.1, 0.15) is 22.3 Å². The van der Waals surface area contributed by atoms with Gasteiger partial charge in [-0.1, -0.05) is 11.6 Å². The number of anilines is 2. The molecule has 164 valence electrons. The van der Waals surface area contributed by atoms with Crippen LogP contribution in [0.25, 0.3) is 11.1 Å². The Balaban J connectivity index is 1.70. The molecule has 0 spiro atoms. The van der Waals surface area contributed by atoms with Crippen LogP contribution in [0.5, 0.6) is 11.5 Å². The third-order valence-corrected chi connectivity index (χ3v) is 6.39. The van der Waals surface area contributed by atoms with E-state index in [0.717, 1.165) is 11.3 Å². The van der Waals surface area contributed by atoms with Crippen LogP contribution in [-0.4, -0.2) is 18.4 Å². The zero-order valence-corrected chi connectivity index (χ0v) is 18.3. The normalized spacial score (nSPS) is 11.3. The monoisotopic (exact) mass is 494 g/mol. The fourth-order valence-electron chi connectivity index (χ4n) is 2.80. The number of nitrogen functional groups attached to an aromatic ring is 1. The lowest BCUT2D eigenvalue weighted by atomic mass is 10.1. The number of hydrogen-bond acceptors (Lipinski definition) is 7. The number of hydrogen-bond donors (Lipinski definition) is 2. The predicted molar refractivity (Wildman–Crippen MR) is 118 cm³/mol. The van der Waals surface area contributed by atoms with Crippen LogP contribution in [0.15, 0.2) is 64.4 Å². The van der Waals surface area contributed by atoms with Gasteiger partial charge in [0.15, 0.2) is 17.4 Å². The molecule has 3 N–H and O–H groups in total. The Bertz CT molecular complexity index is 1400. The summed E-state index contributed by atoms with van der Waals surface area (Å²) in [6.45, 7) is 0. The highest BCUT2D eigenvalue weighted by Crippen LogP contribution is 2.37. The number of ether oxygens (including phenoxy) is 1. The molecule has 0 saturated heterocycles. The standard InChI is InChI=1S/C20H13ClF2N4O3S2/c21-12-1-2-16(13(6-12)11-3-4-25-19(24)5-11)30-17-7-15(23)18(8-14(17)22)32(28,29)27-20-9-31-10-26-20/h1-10,27H,(H2,24,25). The minimum absolute atomic E-state index is 0.00225. The molecule has 4 rings (SSSR count). The van der Waals surface area contributed by atoms with Crippen molar-refractivity contribution in [3.63, 3.8) is 0 Å². The van der Waals surface area contributed by atoms with Crippen molar-refractivity contribution in [2.24, 2.45) is 0 Å². The molecule has 32 heavy (non-hydrogen) atoms. The van der Waals surface area contributed by atoms with E-state index in [1.165, 1.54) is 29.2 Å². The lowest BCUT2D eigenvalue weighted by Gasteiger charge is -2.14. The molecule has 12 heteroatoms. The summed E-state index contributed by atoms with van der Waals surface area (Å²) >= 11 is 7.22. The summed E-state index contributed by atoms with van der Waals surface area (Å²) in [6, 6.07) is 8.96. The van der Waals surface area contributed by atoms with Crippen molar-refractivity contribution in [3.05, 3.63) is 76.2 Å². The number of aromatic nitrogens is 2. The molecule has 2 aromatic carbocycles. The second-order valence-electron chi connectivity index (χ2n) is 6.40. The van der Waals surface area contributed by atoms with E-state index >= 15 is 0 Å². The van der Waals surface area contributed by atoms with E-state index in [9.17, 15) is 17.2 Å². The number of pyridine rings is 1. The van der Waals surface area contributed by atoms with Crippen molar-refractivity contribution >= 4 is 44.6 Å². The number of nitrogens with zero attached hydrogens (tertiary/aromatic N) is 2. The summed E-state index contributed by atoms with van der Waals surface area (Å²) in [6.07, 6.45) is 1.48. The zero-order valence-electron chi connectivity index (χ0n) is 15.9. The molecule has 0 atom stereocenters. The zero-order chi connectivity index (χ0) is 22.9. The summed E-state index contributed by atoms with van der Waals surface area (Å²) in [5, 5.41) is 1.79. The number of benzene rings is 2. The Labute approximate surface area is 190 Å². The van der Waals surface area contributed by atoms with Gasteiger partial charge < -0.3 is 10.5 Å². The van der Waals surface area contributed by atoms with Crippen LogP contribution in [0.3, 0.4) is 0 Å². The third kappa shape index (κ3) is 4.64. The summed E-state index contributed by atoms with van der Waals surface area (Å²) in [5.41, 5.74) is 8.16. The van der Waals surface area contributed by atoms with Crippen LogP contribution in [0, 0.1) is 11.6 Å². The smallest absolute Gasteiger partial charge is 0.266 e. The number of sulfonamides is 1. The topological polar surface area (TPSA) is 107 Å². The maximum atomic E-state index is 14.7. The van der Waals surface area contributed by atoms with Gasteiger partial charge >= 0.3 is 0 Å². The van der Waals surface area contributed by atoms with Gasteiger partial charge in [-0.3, -0.25) is 4.72 Å². The summed E-state index contributed by atoms with van der Waals surface area (Å²) in [4.78, 5) is 6.80. The van der Waals surface area contributed by atoms with Gasteiger partial charge in [-0.15, -0.1) is 11.3 Å². The molecule has 0 amide bonds. The number of rotatable bonds is 6. The lowest BCUT2D eigenvalue weighted by molar-refractivity contribution is 0.433. The third-order valence-electron chi connectivity index (χ3n) is 4.20. The van der Waals surface area contributed by atoms with Crippen LogP contribution in [0.1, 0.15) is 0 Å². The number of thiazole rings is 1. The first kappa shape index (κ1) is 21.9. The molecule has 0 aliphatic carbocycles. The van der Waals surface area contributed by atoms with Gasteiger partial charge in [-0.2, -0.15) is 0 Å². The Morgan fingerprint density at radius 2 is 1.84 bits per heavy atom. The Morgan fingerprint density at radius 1 is 1.03 bits per heavy atom.